The molecular weight excluding hydrogens is 231 g/mol. The first-order valence-electron chi connectivity index (χ1n) is 7.05. The molecule has 0 aromatic heterocycles. The number of benzene rings is 1. The Morgan fingerprint density at radius 2 is 1.26 bits per heavy atom. The van der Waals surface area contributed by atoms with Crippen LogP contribution in [0.25, 0.3) is 0 Å². The molecule has 2 N–H and O–H groups in total. The summed E-state index contributed by atoms with van der Waals surface area (Å²) in [4.78, 5) is 0. The van der Waals surface area contributed by atoms with E-state index < -0.39 is 5.59 Å². The first-order valence-corrected chi connectivity index (χ1v) is 7.05. The summed E-state index contributed by atoms with van der Waals surface area (Å²) in [7, 11) is 12.6. The summed E-state index contributed by atoms with van der Waals surface area (Å²) in [5.41, 5.74) is 10.9. The van der Waals surface area contributed by atoms with Crippen LogP contribution in [0.15, 0.2) is 0 Å². The third-order valence-electron chi connectivity index (χ3n) is 4.75. The van der Waals surface area contributed by atoms with Crippen molar-refractivity contribution in [3.05, 3.63) is 11.1 Å². The fourth-order valence-corrected chi connectivity index (χ4v) is 3.74. The Balaban J connectivity index is 2.28. The van der Waals surface area contributed by atoms with Crippen LogP contribution in [0.4, 0.5) is 0 Å². The molecule has 1 aromatic rings. The third kappa shape index (κ3) is 1.63. The minimum absolute atomic E-state index is 0.183. The smallest absolute Gasteiger partial charge is 0.197 e. The molecule has 0 radical (unpaired) electrons. The lowest BCUT2D eigenvalue weighted by molar-refractivity contribution is 0.0844. The van der Waals surface area contributed by atoms with Gasteiger partial charge in [-0.3, -0.25) is 0 Å². The van der Waals surface area contributed by atoms with E-state index in [2.05, 4.69) is 31.4 Å². The average molecular weight is 248 g/mol. The minimum Gasteiger partial charge on any atom is -0.467 e. The van der Waals surface area contributed by atoms with E-state index in [0.29, 0.717) is 11.6 Å². The zero-order valence-electron chi connectivity index (χ0n) is 12.6. The van der Waals surface area contributed by atoms with Gasteiger partial charge in [-0.15, -0.1) is 0 Å². The molecule has 1 aliphatic carbocycles. The van der Waals surface area contributed by atoms with E-state index in [9.17, 15) is 0 Å². The molecule has 0 spiro atoms. The van der Waals surface area contributed by atoms with Crippen LogP contribution in [-0.4, -0.2) is 58.7 Å². The largest absolute Gasteiger partial charge is 0.467 e. The number of hydrogen-bond donors (Lipinski definition) is 1. The van der Waals surface area contributed by atoms with E-state index in [4.69, 9.17) is 15.2 Å². The van der Waals surface area contributed by atoms with Crippen LogP contribution < -0.4 is 26.1 Å². The summed E-state index contributed by atoms with van der Waals surface area (Å²) >= 11 is 0. The van der Waals surface area contributed by atoms with Crippen LogP contribution in [0, 0.1) is 0 Å². The van der Waals surface area contributed by atoms with Crippen LogP contribution in [0.2, 0.25) is 0 Å². The lowest BCUT2D eigenvalue weighted by atomic mass is 9.72. The predicted molar refractivity (Wildman–Crippen MR) is 94.4 cm³/mol. The highest BCUT2D eigenvalue weighted by molar-refractivity contribution is 6.44. The molecule has 1 aliphatic heterocycles. The Hall–Kier alpha value is -0.830. The van der Waals surface area contributed by atoms with Crippen LogP contribution in [0.1, 0.15) is 22.8 Å². The monoisotopic (exact) mass is 249 g/mol. The summed E-state index contributed by atoms with van der Waals surface area (Å²) in [5.74, 6) is 2.58. The topological polar surface area (TPSA) is 44.5 Å². The van der Waals surface area contributed by atoms with Gasteiger partial charge in [0.1, 0.15) is 31.4 Å². The molecule has 2 aliphatic rings. The summed E-state index contributed by atoms with van der Waals surface area (Å²) < 4.78 is 12.0. The van der Waals surface area contributed by atoms with E-state index in [1.165, 1.54) is 22.1 Å². The van der Waals surface area contributed by atoms with Crippen molar-refractivity contribution in [2.45, 2.75) is 23.3 Å². The number of nitrogens with two attached hydrogens (primary N) is 1. The maximum absolute atomic E-state index is 6.34. The van der Waals surface area contributed by atoms with Gasteiger partial charge < -0.3 is 15.2 Å². The Bertz CT molecular complexity index is 531. The van der Waals surface area contributed by atoms with E-state index in [0.717, 1.165) is 11.5 Å². The molecule has 0 bridgehead atoms. The first kappa shape index (κ1) is 13.2. The van der Waals surface area contributed by atoms with Gasteiger partial charge in [0.15, 0.2) is 32.8 Å². The minimum atomic E-state index is -0.568. The average Bonchev–Trinajstić information content (AvgIpc) is 2.77. The summed E-state index contributed by atoms with van der Waals surface area (Å²) in [6, 6.07) is 0.183. The number of rotatable bonds is 0. The molecule has 19 heavy (non-hydrogen) atoms. The Labute approximate surface area is 119 Å². The summed E-state index contributed by atoms with van der Waals surface area (Å²) in [6.07, 6.45) is 0. The molecule has 2 unspecified atom stereocenters. The van der Waals surface area contributed by atoms with Crippen molar-refractivity contribution in [3.8, 4) is 11.5 Å². The van der Waals surface area contributed by atoms with Crippen LogP contribution in [0.3, 0.4) is 0 Å². The normalized spacial score (nSPS) is 30.3. The van der Waals surface area contributed by atoms with Gasteiger partial charge in [-0.05, 0) is 22.6 Å². The zero-order valence-corrected chi connectivity index (χ0v) is 12.6. The van der Waals surface area contributed by atoms with Crippen LogP contribution in [0.5, 0.6) is 11.5 Å². The molecular formula is C10H17B6NO2. The maximum Gasteiger partial charge on any atom is 0.197 e. The second-order valence-electron chi connectivity index (χ2n) is 6.49. The first-order chi connectivity index (χ1) is 8.74. The Kier molecular flexibility index (Phi) is 2.66. The van der Waals surface area contributed by atoms with Crippen molar-refractivity contribution in [3.63, 3.8) is 0 Å². The quantitative estimate of drug-likeness (QED) is 0.464. The van der Waals surface area contributed by atoms with E-state index >= 15 is 0 Å². The fourth-order valence-electron chi connectivity index (χ4n) is 3.74. The highest BCUT2D eigenvalue weighted by Crippen LogP contribution is 2.43. The van der Waals surface area contributed by atoms with Crippen molar-refractivity contribution >= 4 is 58.0 Å². The fraction of sp³-hybridized carbons (Fsp3) is 0.400. The third-order valence-corrected chi connectivity index (χ3v) is 4.75. The van der Waals surface area contributed by atoms with Gasteiger partial charge in [0.25, 0.3) is 0 Å². The molecule has 0 fully saturated rings. The van der Waals surface area contributed by atoms with Gasteiger partial charge >= 0.3 is 0 Å². The molecule has 3 rings (SSSR count). The maximum atomic E-state index is 6.34. The number of ether oxygens (including phenoxy) is 2. The molecule has 1 heterocycles. The van der Waals surface area contributed by atoms with Crippen LogP contribution >= 0.6 is 0 Å². The van der Waals surface area contributed by atoms with Gasteiger partial charge in [-0.1, -0.05) is 11.1 Å². The molecule has 92 valence electrons. The predicted octanol–water partition coefficient (Wildman–Crippen LogP) is -6.46. The van der Waals surface area contributed by atoms with Crippen LogP contribution in [-0.2, 0) is 0 Å². The second kappa shape index (κ2) is 3.84. The van der Waals surface area contributed by atoms with Crippen molar-refractivity contribution in [2.75, 3.05) is 0 Å². The van der Waals surface area contributed by atoms with Crippen molar-refractivity contribution in [1.82, 2.24) is 0 Å². The van der Waals surface area contributed by atoms with Crippen molar-refractivity contribution in [2.24, 2.45) is 5.73 Å². The Morgan fingerprint density at radius 3 is 1.63 bits per heavy atom. The highest BCUT2D eigenvalue weighted by Gasteiger charge is 2.41. The molecule has 9 heteroatoms. The highest BCUT2D eigenvalue weighted by atomic mass is 16.7. The molecule has 0 saturated heterocycles. The lowest BCUT2D eigenvalue weighted by Gasteiger charge is -2.19. The second-order valence-corrected chi connectivity index (χ2v) is 6.49. The summed E-state index contributed by atoms with van der Waals surface area (Å²) in [5, 5.41) is 0. The SMILES string of the molecule is Bc1c2c(c(B)c3c1C(B)C(N)C3B)OC(B)(B)O2. The summed E-state index contributed by atoms with van der Waals surface area (Å²) in [6.45, 7) is 0. The van der Waals surface area contributed by atoms with Gasteiger partial charge in [-0.2, -0.15) is 0 Å². The van der Waals surface area contributed by atoms with Crippen molar-refractivity contribution < 1.29 is 9.47 Å². The van der Waals surface area contributed by atoms with E-state index in [1.807, 2.05) is 15.7 Å². The number of hydrogen-bond acceptors (Lipinski definition) is 3. The van der Waals surface area contributed by atoms with E-state index in [-0.39, 0.29) is 6.04 Å². The Morgan fingerprint density at radius 1 is 0.895 bits per heavy atom. The molecule has 0 saturated carbocycles. The molecule has 0 amide bonds. The lowest BCUT2D eigenvalue weighted by Crippen LogP contribution is -2.40. The standard InChI is InChI=1S/C10H17B6NO2/c11-3-1-2(4(12)7(3)17)6(14)9-8(5(1)13)18-10(15,16)19-9/h3-4,7H,11-17H2. The van der Waals surface area contributed by atoms with Gasteiger partial charge in [0, 0.05) is 6.04 Å². The number of fused-ring (bicyclic) bond motifs is 2. The van der Waals surface area contributed by atoms with E-state index in [1.54, 1.807) is 0 Å². The van der Waals surface area contributed by atoms with Gasteiger partial charge in [0.05, 0.1) is 0 Å². The zero-order chi connectivity index (χ0) is 14.1. The molecule has 2 atom stereocenters. The van der Waals surface area contributed by atoms with Gasteiger partial charge in [-0.25, -0.2) is 0 Å². The molecule has 1 aromatic carbocycles. The molecule has 3 nitrogen and oxygen atoms in total. The van der Waals surface area contributed by atoms with Gasteiger partial charge in [0.2, 0.25) is 0 Å². The van der Waals surface area contributed by atoms with Crippen molar-refractivity contribution in [1.29, 1.82) is 0 Å².